The Labute approximate surface area is 126 Å². The van der Waals surface area contributed by atoms with Gasteiger partial charge >= 0.3 is 5.97 Å². The van der Waals surface area contributed by atoms with Crippen LogP contribution in [0, 0.1) is 5.92 Å². The van der Waals surface area contributed by atoms with Crippen molar-refractivity contribution in [2.45, 2.75) is 27.3 Å². The SMILES string of the molecule is CCOc1cc(CNCC(C)C)ccc1N(C)CC(=O)O. The molecule has 0 unspecified atom stereocenters. The van der Waals surface area contributed by atoms with E-state index < -0.39 is 5.97 Å². The summed E-state index contributed by atoms with van der Waals surface area (Å²) in [4.78, 5) is 12.5. The molecule has 0 saturated heterocycles. The van der Waals surface area contributed by atoms with Crippen LogP contribution in [0.3, 0.4) is 0 Å². The molecule has 0 fully saturated rings. The Balaban J connectivity index is 2.82. The van der Waals surface area contributed by atoms with Gasteiger partial charge in [-0.1, -0.05) is 19.9 Å². The van der Waals surface area contributed by atoms with Gasteiger partial charge in [0.15, 0.2) is 0 Å². The number of rotatable bonds is 9. The van der Waals surface area contributed by atoms with E-state index in [1.165, 1.54) is 0 Å². The van der Waals surface area contributed by atoms with Crippen LogP contribution in [0.2, 0.25) is 0 Å². The van der Waals surface area contributed by atoms with Gasteiger partial charge in [0.1, 0.15) is 12.3 Å². The van der Waals surface area contributed by atoms with Gasteiger partial charge in [-0.2, -0.15) is 0 Å². The van der Waals surface area contributed by atoms with E-state index >= 15 is 0 Å². The van der Waals surface area contributed by atoms with Gasteiger partial charge in [0, 0.05) is 13.6 Å². The summed E-state index contributed by atoms with van der Waals surface area (Å²) >= 11 is 0. The Morgan fingerprint density at radius 3 is 2.71 bits per heavy atom. The minimum absolute atomic E-state index is 0.0506. The predicted octanol–water partition coefficient (Wildman–Crippen LogP) is 2.35. The number of carboxylic acid groups (broad SMARTS) is 1. The number of aliphatic carboxylic acids is 1. The number of nitrogens with zero attached hydrogens (tertiary/aromatic N) is 1. The summed E-state index contributed by atoms with van der Waals surface area (Å²) in [5.41, 5.74) is 1.93. The molecular weight excluding hydrogens is 268 g/mol. The van der Waals surface area contributed by atoms with Gasteiger partial charge in [-0.25, -0.2) is 0 Å². The summed E-state index contributed by atoms with van der Waals surface area (Å²) < 4.78 is 5.65. The monoisotopic (exact) mass is 294 g/mol. The summed E-state index contributed by atoms with van der Waals surface area (Å²) in [6.07, 6.45) is 0. The van der Waals surface area contributed by atoms with E-state index in [2.05, 4.69) is 19.2 Å². The first kappa shape index (κ1) is 17.3. The largest absolute Gasteiger partial charge is 0.492 e. The van der Waals surface area contributed by atoms with Crippen LogP contribution in [0.25, 0.3) is 0 Å². The Hall–Kier alpha value is -1.75. The van der Waals surface area contributed by atoms with Gasteiger partial charge < -0.3 is 20.1 Å². The first-order valence-electron chi connectivity index (χ1n) is 7.33. The fourth-order valence-electron chi connectivity index (χ4n) is 2.05. The van der Waals surface area contributed by atoms with E-state index in [0.29, 0.717) is 12.5 Å². The maximum absolute atomic E-state index is 10.8. The predicted molar refractivity (Wildman–Crippen MR) is 85.1 cm³/mol. The van der Waals surface area contributed by atoms with Crippen LogP contribution in [0.5, 0.6) is 5.75 Å². The van der Waals surface area contributed by atoms with E-state index in [1.54, 1.807) is 11.9 Å². The van der Waals surface area contributed by atoms with Crippen molar-refractivity contribution < 1.29 is 14.6 Å². The van der Waals surface area contributed by atoms with Gasteiger partial charge in [0.05, 0.1) is 12.3 Å². The molecule has 2 N–H and O–H groups in total. The zero-order valence-electron chi connectivity index (χ0n) is 13.3. The lowest BCUT2D eigenvalue weighted by atomic mass is 10.1. The van der Waals surface area contributed by atoms with Gasteiger partial charge in [-0.05, 0) is 37.1 Å². The fraction of sp³-hybridized carbons (Fsp3) is 0.562. The number of nitrogens with one attached hydrogen (secondary N) is 1. The zero-order chi connectivity index (χ0) is 15.8. The molecule has 0 heterocycles. The normalized spacial score (nSPS) is 10.7. The van der Waals surface area contributed by atoms with Gasteiger partial charge in [-0.3, -0.25) is 4.79 Å². The van der Waals surface area contributed by atoms with Crippen LogP contribution >= 0.6 is 0 Å². The molecule has 0 aromatic heterocycles. The molecule has 21 heavy (non-hydrogen) atoms. The second-order valence-electron chi connectivity index (χ2n) is 5.51. The fourth-order valence-corrected chi connectivity index (χ4v) is 2.05. The van der Waals surface area contributed by atoms with Crippen molar-refractivity contribution in [3.8, 4) is 5.75 Å². The number of likely N-dealkylation sites (N-methyl/N-ethyl adjacent to an activating group) is 1. The number of hydrogen-bond donors (Lipinski definition) is 2. The topological polar surface area (TPSA) is 61.8 Å². The molecule has 1 rings (SSSR count). The number of benzene rings is 1. The highest BCUT2D eigenvalue weighted by atomic mass is 16.5. The summed E-state index contributed by atoms with van der Waals surface area (Å²) in [7, 11) is 1.75. The van der Waals surface area contributed by atoms with Crippen molar-refractivity contribution in [3.63, 3.8) is 0 Å². The average molecular weight is 294 g/mol. The van der Waals surface area contributed by atoms with E-state index in [9.17, 15) is 4.79 Å². The first-order chi connectivity index (χ1) is 9.93. The van der Waals surface area contributed by atoms with Gasteiger partial charge in [0.2, 0.25) is 0 Å². The lowest BCUT2D eigenvalue weighted by molar-refractivity contribution is -0.135. The highest BCUT2D eigenvalue weighted by Crippen LogP contribution is 2.28. The molecule has 1 aromatic rings. The lowest BCUT2D eigenvalue weighted by Crippen LogP contribution is -2.25. The van der Waals surface area contributed by atoms with Crippen molar-refractivity contribution in [1.29, 1.82) is 0 Å². The molecule has 0 aliphatic heterocycles. The molecule has 118 valence electrons. The highest BCUT2D eigenvalue weighted by molar-refractivity contribution is 5.75. The molecule has 0 aliphatic carbocycles. The molecule has 0 saturated carbocycles. The van der Waals surface area contributed by atoms with Crippen molar-refractivity contribution in [2.75, 3.05) is 31.6 Å². The van der Waals surface area contributed by atoms with Crippen molar-refractivity contribution in [1.82, 2.24) is 5.32 Å². The Morgan fingerprint density at radius 2 is 2.14 bits per heavy atom. The molecule has 0 spiro atoms. The number of carbonyl (C=O) groups is 1. The summed E-state index contributed by atoms with van der Waals surface area (Å²) in [5.74, 6) is 0.477. The maximum Gasteiger partial charge on any atom is 0.323 e. The minimum Gasteiger partial charge on any atom is -0.492 e. The second kappa shape index (κ2) is 8.52. The molecule has 0 amide bonds. The van der Waals surface area contributed by atoms with E-state index in [0.717, 1.165) is 30.1 Å². The third kappa shape index (κ3) is 6.04. The van der Waals surface area contributed by atoms with Crippen molar-refractivity contribution in [2.24, 2.45) is 5.92 Å². The van der Waals surface area contributed by atoms with Gasteiger partial charge in [0.25, 0.3) is 0 Å². The Bertz CT molecular complexity index is 461. The third-order valence-corrected chi connectivity index (χ3v) is 2.99. The van der Waals surface area contributed by atoms with Gasteiger partial charge in [-0.15, -0.1) is 0 Å². The van der Waals surface area contributed by atoms with Crippen LogP contribution in [-0.4, -0.2) is 37.8 Å². The summed E-state index contributed by atoms with van der Waals surface area (Å²) in [5, 5.41) is 12.3. The lowest BCUT2D eigenvalue weighted by Gasteiger charge is -2.21. The molecular formula is C16H26N2O3. The number of hydrogen-bond acceptors (Lipinski definition) is 4. The molecule has 0 bridgehead atoms. The summed E-state index contributed by atoms with van der Waals surface area (Å²) in [6.45, 7) is 8.50. The van der Waals surface area contributed by atoms with E-state index in [4.69, 9.17) is 9.84 Å². The van der Waals surface area contributed by atoms with Crippen LogP contribution in [0.4, 0.5) is 5.69 Å². The van der Waals surface area contributed by atoms with Crippen LogP contribution in [0.1, 0.15) is 26.3 Å². The van der Waals surface area contributed by atoms with Crippen molar-refractivity contribution >= 4 is 11.7 Å². The molecule has 5 heteroatoms. The third-order valence-electron chi connectivity index (χ3n) is 2.99. The maximum atomic E-state index is 10.8. The molecule has 0 radical (unpaired) electrons. The minimum atomic E-state index is -0.859. The van der Waals surface area contributed by atoms with Crippen LogP contribution in [0.15, 0.2) is 18.2 Å². The van der Waals surface area contributed by atoms with E-state index in [1.807, 2.05) is 25.1 Å². The first-order valence-corrected chi connectivity index (χ1v) is 7.33. The second-order valence-corrected chi connectivity index (χ2v) is 5.51. The zero-order valence-corrected chi connectivity index (χ0v) is 13.3. The van der Waals surface area contributed by atoms with Crippen LogP contribution in [-0.2, 0) is 11.3 Å². The molecule has 0 aliphatic rings. The van der Waals surface area contributed by atoms with Crippen LogP contribution < -0.4 is 15.0 Å². The quantitative estimate of drug-likeness (QED) is 0.732. The smallest absolute Gasteiger partial charge is 0.323 e. The number of ether oxygens (including phenoxy) is 1. The highest BCUT2D eigenvalue weighted by Gasteiger charge is 2.12. The Kier molecular flexibility index (Phi) is 7.02. The van der Waals surface area contributed by atoms with Crippen molar-refractivity contribution in [3.05, 3.63) is 23.8 Å². The molecule has 0 atom stereocenters. The number of anilines is 1. The summed E-state index contributed by atoms with van der Waals surface area (Å²) in [6, 6.07) is 5.90. The average Bonchev–Trinajstić information content (AvgIpc) is 2.38. The Morgan fingerprint density at radius 1 is 1.43 bits per heavy atom. The molecule has 5 nitrogen and oxygen atoms in total. The number of carboxylic acids is 1. The van der Waals surface area contributed by atoms with E-state index in [-0.39, 0.29) is 6.54 Å². The standard InChI is InChI=1S/C16H26N2O3/c1-5-21-15-8-13(10-17-9-12(2)3)6-7-14(15)18(4)11-16(19)20/h6-8,12,17H,5,9-11H2,1-4H3,(H,19,20). The molecule has 1 aromatic carbocycles.